The SMILES string of the molecule is CC(=O)[C@H]1CC[C@H]2[C@@H]3CC[C@H]4C[C@](C)(OC(=O)C(C5CCCC5)C(C(=O)O)(C5CCCC5)[C@]5(C)CC[C@@]6(C)[C@@H](CC[C@@H]7[C@@H]6CC[C@]6(C)[C@@H](C(C)=O)CC[C@@H]76)C5)CC[C@]4(C)[C@H]3CC[C@]12C. The van der Waals surface area contributed by atoms with Crippen LogP contribution in [0.4, 0.5) is 0 Å². The fourth-order valence-electron chi connectivity index (χ4n) is 22.1. The monoisotopic (exact) mass is 883 g/mol. The van der Waals surface area contributed by atoms with Gasteiger partial charge in [0.25, 0.3) is 0 Å². The molecule has 358 valence electrons. The van der Waals surface area contributed by atoms with Crippen LogP contribution >= 0.6 is 0 Å². The van der Waals surface area contributed by atoms with Gasteiger partial charge in [-0.1, -0.05) is 60.3 Å². The normalized spacial score (nSPS) is 50.4. The first-order valence-corrected chi connectivity index (χ1v) is 27.7. The number of aliphatic carboxylic acids is 1. The van der Waals surface area contributed by atoms with Crippen molar-refractivity contribution < 1.29 is 29.0 Å². The third kappa shape index (κ3) is 6.52. The number of carbonyl (C=O) groups excluding carboxylic acids is 3. The first-order chi connectivity index (χ1) is 30.3. The average Bonchev–Trinajstić information content (AvgIpc) is 4.07. The summed E-state index contributed by atoms with van der Waals surface area (Å²) < 4.78 is 7.17. The second-order valence-corrected chi connectivity index (χ2v) is 27.4. The second kappa shape index (κ2) is 15.9. The van der Waals surface area contributed by atoms with Gasteiger partial charge in [0.05, 0.1) is 11.3 Å². The van der Waals surface area contributed by atoms with E-state index in [0.717, 1.165) is 116 Å². The molecule has 0 spiro atoms. The molecular weight excluding hydrogens is 793 g/mol. The molecule has 0 saturated heterocycles. The van der Waals surface area contributed by atoms with Crippen molar-refractivity contribution >= 4 is 23.5 Å². The molecule has 0 aromatic carbocycles. The van der Waals surface area contributed by atoms with Gasteiger partial charge in [-0.25, -0.2) is 0 Å². The highest BCUT2D eigenvalue weighted by Crippen LogP contribution is 2.74. The summed E-state index contributed by atoms with van der Waals surface area (Å²) in [7, 11) is 0. The van der Waals surface area contributed by atoms with E-state index in [1.54, 1.807) is 0 Å². The molecule has 0 aromatic heterocycles. The molecule has 10 fully saturated rings. The molecular formula is C58H90O6. The van der Waals surface area contributed by atoms with Gasteiger partial charge in [0.1, 0.15) is 17.2 Å². The minimum atomic E-state index is -1.13. The summed E-state index contributed by atoms with van der Waals surface area (Å²) in [4.78, 5) is 56.5. The highest BCUT2D eigenvalue weighted by Gasteiger charge is 2.71. The molecule has 0 bridgehead atoms. The predicted octanol–water partition coefficient (Wildman–Crippen LogP) is 13.9. The molecule has 10 saturated carbocycles. The summed E-state index contributed by atoms with van der Waals surface area (Å²) >= 11 is 0. The smallest absolute Gasteiger partial charge is 0.311 e. The minimum absolute atomic E-state index is 0.000795. The van der Waals surface area contributed by atoms with E-state index >= 15 is 4.79 Å². The van der Waals surface area contributed by atoms with E-state index in [-0.39, 0.29) is 51.3 Å². The third-order valence-electron chi connectivity index (χ3n) is 25.2. The Balaban J connectivity index is 0.924. The van der Waals surface area contributed by atoms with Gasteiger partial charge >= 0.3 is 11.9 Å². The average molecular weight is 883 g/mol. The number of esters is 1. The molecule has 0 radical (unpaired) electrons. The number of rotatable bonds is 9. The quantitative estimate of drug-likeness (QED) is 0.232. The molecule has 0 heterocycles. The summed E-state index contributed by atoms with van der Waals surface area (Å²) in [6, 6.07) is 0. The van der Waals surface area contributed by atoms with Gasteiger partial charge in [0.2, 0.25) is 0 Å². The molecule has 18 atom stereocenters. The first kappa shape index (κ1) is 46.0. The van der Waals surface area contributed by atoms with Gasteiger partial charge in [-0.05, 0) is 248 Å². The van der Waals surface area contributed by atoms with Crippen molar-refractivity contribution in [2.45, 2.75) is 228 Å². The molecule has 0 aliphatic heterocycles. The van der Waals surface area contributed by atoms with Crippen LogP contribution in [0, 0.1) is 109 Å². The van der Waals surface area contributed by atoms with Crippen molar-refractivity contribution in [3.8, 4) is 0 Å². The van der Waals surface area contributed by atoms with Gasteiger partial charge < -0.3 is 9.84 Å². The van der Waals surface area contributed by atoms with Crippen LogP contribution in [0.1, 0.15) is 222 Å². The standard InChI is InChI=1S/C58H90O6/c1-35(59)43-21-23-45-41-19-17-39-33-52(3,29-31-54(39,5)47(41)25-27-56(43,45)7)58(51(62)63,38-15-11-12-16-38)49(37-13-9-10-14-37)50(61)64-53(4)30-32-55(6)40(34-53)18-20-42-46-24-22-44(36(2)60)57(46,8)28-26-48(42)55/h37-49H,9-34H2,1-8H3,(H,62,63)/t39-,40-,41-,42-,43+,44+,45-,46-,47-,48-,49?,52+,53+,54-,55-,56+,57+,58?/m0/s1. The van der Waals surface area contributed by atoms with Gasteiger partial charge in [-0.3, -0.25) is 19.2 Å². The molecule has 0 amide bonds. The van der Waals surface area contributed by atoms with Crippen molar-refractivity contribution in [1.29, 1.82) is 0 Å². The zero-order chi connectivity index (χ0) is 45.4. The van der Waals surface area contributed by atoms with Crippen molar-refractivity contribution in [2.24, 2.45) is 109 Å². The lowest BCUT2D eigenvalue weighted by molar-refractivity contribution is -0.217. The lowest BCUT2D eigenvalue weighted by Crippen LogP contribution is -2.64. The Hall–Kier alpha value is -1.72. The summed E-state index contributed by atoms with van der Waals surface area (Å²) in [5.41, 5.74) is -1.53. The lowest BCUT2D eigenvalue weighted by atomic mass is 9.38. The largest absolute Gasteiger partial charge is 0.481 e. The number of carboxylic acids is 1. The Bertz CT molecular complexity index is 1860. The molecule has 64 heavy (non-hydrogen) atoms. The maximum atomic E-state index is 15.8. The van der Waals surface area contributed by atoms with Crippen LogP contribution in [-0.4, -0.2) is 34.2 Å². The van der Waals surface area contributed by atoms with Crippen molar-refractivity contribution in [3.05, 3.63) is 0 Å². The number of hydrogen-bond donors (Lipinski definition) is 1. The Kier molecular flexibility index (Phi) is 11.4. The number of carboxylic acid groups (broad SMARTS) is 1. The van der Waals surface area contributed by atoms with Crippen molar-refractivity contribution in [1.82, 2.24) is 0 Å². The van der Waals surface area contributed by atoms with Gasteiger partial charge in [-0.15, -0.1) is 0 Å². The van der Waals surface area contributed by atoms with E-state index in [1.165, 1.54) is 51.4 Å². The van der Waals surface area contributed by atoms with Crippen LogP contribution in [0.25, 0.3) is 0 Å². The van der Waals surface area contributed by atoms with E-state index in [0.29, 0.717) is 58.9 Å². The Morgan fingerprint density at radius 2 is 0.984 bits per heavy atom. The van der Waals surface area contributed by atoms with E-state index in [9.17, 15) is 19.5 Å². The molecule has 6 nitrogen and oxygen atoms in total. The van der Waals surface area contributed by atoms with Crippen LogP contribution in [0.5, 0.6) is 0 Å². The topological polar surface area (TPSA) is 97.7 Å². The molecule has 6 heteroatoms. The van der Waals surface area contributed by atoms with Crippen LogP contribution in [-0.2, 0) is 23.9 Å². The highest BCUT2D eigenvalue weighted by atomic mass is 16.6. The zero-order valence-electron chi connectivity index (χ0n) is 41.9. The highest BCUT2D eigenvalue weighted by molar-refractivity contribution is 5.86. The van der Waals surface area contributed by atoms with Crippen LogP contribution < -0.4 is 0 Å². The third-order valence-corrected chi connectivity index (χ3v) is 25.2. The maximum Gasteiger partial charge on any atom is 0.311 e. The molecule has 0 aromatic rings. The minimum Gasteiger partial charge on any atom is -0.481 e. The van der Waals surface area contributed by atoms with Crippen LogP contribution in [0.15, 0.2) is 0 Å². The maximum absolute atomic E-state index is 15.8. The first-order valence-electron chi connectivity index (χ1n) is 27.7. The summed E-state index contributed by atoms with van der Waals surface area (Å²) in [6.45, 7) is 18.4. The fraction of sp³-hybridized carbons (Fsp3) is 0.931. The van der Waals surface area contributed by atoms with E-state index in [4.69, 9.17) is 4.74 Å². The van der Waals surface area contributed by atoms with Crippen LogP contribution in [0.2, 0.25) is 0 Å². The molecule has 10 rings (SSSR count). The number of carbonyl (C=O) groups is 4. The van der Waals surface area contributed by atoms with Crippen LogP contribution in [0.3, 0.4) is 0 Å². The van der Waals surface area contributed by atoms with Gasteiger partial charge in [0.15, 0.2) is 0 Å². The Morgan fingerprint density at radius 3 is 1.48 bits per heavy atom. The number of ketones is 2. The van der Waals surface area contributed by atoms with Gasteiger partial charge in [-0.2, -0.15) is 0 Å². The summed E-state index contributed by atoms with van der Waals surface area (Å²) in [5.74, 6) is 4.77. The lowest BCUT2D eigenvalue weighted by Gasteiger charge is -2.65. The van der Waals surface area contributed by atoms with Crippen molar-refractivity contribution in [2.75, 3.05) is 0 Å². The Morgan fingerprint density at radius 1 is 0.516 bits per heavy atom. The summed E-state index contributed by atoms with van der Waals surface area (Å²) in [6.07, 6.45) is 27.7. The molecule has 10 aliphatic rings. The fourth-order valence-corrected chi connectivity index (χ4v) is 22.1. The predicted molar refractivity (Wildman–Crippen MR) is 252 cm³/mol. The molecule has 1 N–H and O–H groups in total. The number of hydrogen-bond acceptors (Lipinski definition) is 5. The number of Topliss-reactive ketones (excluding diaryl/α,β-unsaturated/α-hetero) is 2. The van der Waals surface area contributed by atoms with Gasteiger partial charge in [0, 0.05) is 11.8 Å². The molecule has 2 unspecified atom stereocenters. The number of fused-ring (bicyclic) bond motifs is 10. The van der Waals surface area contributed by atoms with E-state index < -0.39 is 28.3 Å². The van der Waals surface area contributed by atoms with Crippen molar-refractivity contribution in [3.63, 3.8) is 0 Å². The molecule has 10 aliphatic carbocycles. The Labute approximate surface area is 388 Å². The zero-order valence-corrected chi connectivity index (χ0v) is 41.9. The van der Waals surface area contributed by atoms with E-state index in [2.05, 4.69) is 41.5 Å². The summed E-state index contributed by atoms with van der Waals surface area (Å²) in [5, 5.41) is 12.3. The number of ether oxygens (including phenoxy) is 1. The van der Waals surface area contributed by atoms with E-state index in [1.807, 2.05) is 13.8 Å². The second-order valence-electron chi connectivity index (χ2n) is 27.4.